The molecule has 0 fully saturated rings. The van der Waals surface area contributed by atoms with Gasteiger partial charge in [0.2, 0.25) is 0 Å². The Kier molecular flexibility index (Phi) is 2.17. The fourth-order valence-electron chi connectivity index (χ4n) is 1.33. The molecule has 0 aliphatic carbocycles. The number of hydrogen-bond acceptors (Lipinski definition) is 3. The van der Waals surface area contributed by atoms with E-state index in [1.807, 2.05) is 17.5 Å². The number of benzene rings is 1. The van der Waals surface area contributed by atoms with Gasteiger partial charge in [-0.1, -0.05) is 15.9 Å². The average Bonchev–Trinajstić information content (AvgIpc) is 2.54. The van der Waals surface area contributed by atoms with Crippen molar-refractivity contribution in [1.82, 2.24) is 0 Å². The number of hydrogen-bond donors (Lipinski definition) is 2. The maximum Gasteiger partial charge on any atom is 0.143 e. The molecule has 2 rings (SSSR count). The van der Waals surface area contributed by atoms with Crippen LogP contribution < -0.4 is 5.73 Å². The first kappa shape index (κ1) is 8.84. The second-order valence-electron chi connectivity index (χ2n) is 2.76. The number of thiophene rings is 1. The Morgan fingerprint density at radius 2 is 2.31 bits per heavy atom. The third kappa shape index (κ3) is 1.30. The minimum absolute atomic E-state index is 0.197. The SMILES string of the molecule is Nc1cc2sccc2c(CBr)c1O. The number of nitrogens with two attached hydrogens (primary N) is 1. The quantitative estimate of drug-likeness (QED) is 0.469. The van der Waals surface area contributed by atoms with Crippen LogP contribution in [0.3, 0.4) is 0 Å². The zero-order chi connectivity index (χ0) is 9.42. The van der Waals surface area contributed by atoms with Gasteiger partial charge in [-0.05, 0) is 17.5 Å². The molecule has 0 unspecified atom stereocenters. The van der Waals surface area contributed by atoms with Crippen LogP contribution in [0.2, 0.25) is 0 Å². The zero-order valence-corrected chi connectivity index (χ0v) is 9.15. The summed E-state index contributed by atoms with van der Waals surface area (Å²) in [5, 5.41) is 13.4. The molecule has 1 aromatic carbocycles. The van der Waals surface area contributed by atoms with Crippen LogP contribution in [0.5, 0.6) is 5.75 Å². The van der Waals surface area contributed by atoms with Crippen LogP contribution in [0.1, 0.15) is 5.56 Å². The van der Waals surface area contributed by atoms with Crippen LogP contribution >= 0.6 is 27.3 Å². The van der Waals surface area contributed by atoms with Crippen molar-refractivity contribution in [3.8, 4) is 5.75 Å². The van der Waals surface area contributed by atoms with Crippen LogP contribution in [0.4, 0.5) is 5.69 Å². The summed E-state index contributed by atoms with van der Waals surface area (Å²) < 4.78 is 1.12. The summed E-state index contributed by atoms with van der Waals surface area (Å²) in [7, 11) is 0. The maximum absolute atomic E-state index is 9.66. The fraction of sp³-hybridized carbons (Fsp3) is 0.111. The van der Waals surface area contributed by atoms with Crippen LogP contribution in [-0.2, 0) is 5.33 Å². The van der Waals surface area contributed by atoms with Gasteiger partial charge in [0.05, 0.1) is 5.69 Å². The number of nitrogen functional groups attached to an aromatic ring is 1. The summed E-state index contributed by atoms with van der Waals surface area (Å²) >= 11 is 4.97. The number of phenols is 1. The highest BCUT2D eigenvalue weighted by Gasteiger charge is 2.09. The molecule has 0 aliphatic rings. The molecule has 13 heavy (non-hydrogen) atoms. The van der Waals surface area contributed by atoms with Crippen molar-refractivity contribution in [3.05, 3.63) is 23.1 Å². The topological polar surface area (TPSA) is 46.2 Å². The summed E-state index contributed by atoms with van der Waals surface area (Å²) in [4.78, 5) is 0. The molecular weight excluding hydrogens is 250 g/mol. The molecule has 4 heteroatoms. The first-order chi connectivity index (χ1) is 6.24. The molecule has 68 valence electrons. The molecule has 0 saturated carbocycles. The molecule has 2 aromatic rings. The average molecular weight is 258 g/mol. The molecule has 0 spiro atoms. The van der Waals surface area contributed by atoms with Crippen LogP contribution in [0, 0.1) is 0 Å². The lowest BCUT2D eigenvalue weighted by Gasteiger charge is -2.05. The summed E-state index contributed by atoms with van der Waals surface area (Å²) in [5.74, 6) is 0.197. The van der Waals surface area contributed by atoms with E-state index >= 15 is 0 Å². The van der Waals surface area contributed by atoms with Gasteiger partial charge in [0.1, 0.15) is 5.75 Å². The molecule has 2 nitrogen and oxygen atoms in total. The van der Waals surface area contributed by atoms with E-state index in [2.05, 4.69) is 15.9 Å². The standard InChI is InChI=1S/C9H8BrNOS/c10-4-6-5-1-2-13-8(5)3-7(11)9(6)12/h1-3,12H,4,11H2. The third-order valence-electron chi connectivity index (χ3n) is 2.00. The minimum Gasteiger partial charge on any atom is -0.505 e. The summed E-state index contributed by atoms with van der Waals surface area (Å²) in [6.45, 7) is 0. The molecule has 0 radical (unpaired) electrons. The summed E-state index contributed by atoms with van der Waals surface area (Å²) in [6.07, 6.45) is 0. The van der Waals surface area contributed by atoms with Gasteiger partial charge in [-0.2, -0.15) is 0 Å². The maximum atomic E-state index is 9.66. The van der Waals surface area contributed by atoms with Gasteiger partial charge in [0, 0.05) is 21.0 Å². The Morgan fingerprint density at radius 1 is 1.54 bits per heavy atom. The van der Waals surface area contributed by atoms with Gasteiger partial charge < -0.3 is 10.8 Å². The molecule has 1 heterocycles. The fourth-order valence-corrected chi connectivity index (χ4v) is 2.76. The Hall–Kier alpha value is -0.740. The second-order valence-corrected chi connectivity index (χ2v) is 4.27. The van der Waals surface area contributed by atoms with E-state index < -0.39 is 0 Å². The van der Waals surface area contributed by atoms with E-state index in [-0.39, 0.29) is 5.75 Å². The molecule has 0 saturated heterocycles. The molecule has 0 atom stereocenters. The highest BCUT2D eigenvalue weighted by atomic mass is 79.9. The number of aromatic hydroxyl groups is 1. The minimum atomic E-state index is 0.197. The lowest BCUT2D eigenvalue weighted by atomic mass is 10.1. The van der Waals surface area contributed by atoms with Gasteiger partial charge in [0.25, 0.3) is 0 Å². The van der Waals surface area contributed by atoms with Gasteiger partial charge in [-0.25, -0.2) is 0 Å². The van der Waals surface area contributed by atoms with Gasteiger partial charge in [-0.15, -0.1) is 11.3 Å². The van der Waals surface area contributed by atoms with Gasteiger partial charge >= 0.3 is 0 Å². The van der Waals surface area contributed by atoms with Crippen LogP contribution in [-0.4, -0.2) is 5.11 Å². The van der Waals surface area contributed by atoms with Crippen molar-refractivity contribution in [2.45, 2.75) is 5.33 Å². The highest BCUT2D eigenvalue weighted by Crippen LogP contribution is 2.36. The normalized spacial score (nSPS) is 10.8. The third-order valence-corrected chi connectivity index (χ3v) is 3.42. The van der Waals surface area contributed by atoms with Crippen molar-refractivity contribution < 1.29 is 5.11 Å². The molecule has 0 amide bonds. The molecule has 0 bridgehead atoms. The Balaban J connectivity index is 2.87. The van der Waals surface area contributed by atoms with Gasteiger partial charge in [0.15, 0.2) is 0 Å². The van der Waals surface area contributed by atoms with Crippen molar-refractivity contribution in [1.29, 1.82) is 0 Å². The van der Waals surface area contributed by atoms with E-state index in [4.69, 9.17) is 5.73 Å². The lowest BCUT2D eigenvalue weighted by Crippen LogP contribution is -1.89. The van der Waals surface area contributed by atoms with Crippen molar-refractivity contribution >= 4 is 43.0 Å². The van der Waals surface area contributed by atoms with Crippen LogP contribution in [0.15, 0.2) is 17.5 Å². The molecule has 0 aliphatic heterocycles. The van der Waals surface area contributed by atoms with Crippen molar-refractivity contribution in [3.63, 3.8) is 0 Å². The predicted molar refractivity (Wildman–Crippen MR) is 60.5 cm³/mol. The first-order valence-corrected chi connectivity index (χ1v) is 5.77. The van der Waals surface area contributed by atoms with E-state index in [0.29, 0.717) is 11.0 Å². The zero-order valence-electron chi connectivity index (χ0n) is 6.75. The first-order valence-electron chi connectivity index (χ1n) is 3.77. The largest absolute Gasteiger partial charge is 0.505 e. The number of anilines is 1. The smallest absolute Gasteiger partial charge is 0.143 e. The number of fused-ring (bicyclic) bond motifs is 1. The van der Waals surface area contributed by atoms with E-state index in [0.717, 1.165) is 15.6 Å². The number of rotatable bonds is 1. The number of alkyl halides is 1. The van der Waals surface area contributed by atoms with E-state index in [1.165, 1.54) is 0 Å². The summed E-state index contributed by atoms with van der Waals surface area (Å²) in [6, 6.07) is 3.80. The highest BCUT2D eigenvalue weighted by molar-refractivity contribution is 9.08. The van der Waals surface area contributed by atoms with Crippen molar-refractivity contribution in [2.75, 3.05) is 5.73 Å². The molecular formula is C9H8BrNOS. The summed E-state index contributed by atoms with van der Waals surface area (Å²) in [5.41, 5.74) is 6.98. The van der Waals surface area contributed by atoms with Gasteiger partial charge in [-0.3, -0.25) is 0 Å². The number of phenolic OH excluding ortho intramolecular Hbond substituents is 1. The molecule has 3 N–H and O–H groups in total. The van der Waals surface area contributed by atoms with Crippen LogP contribution in [0.25, 0.3) is 10.1 Å². The number of halogens is 1. The Morgan fingerprint density at radius 3 is 3.00 bits per heavy atom. The lowest BCUT2D eigenvalue weighted by molar-refractivity contribution is 0.474. The Bertz CT molecular complexity index is 452. The predicted octanol–water partition coefficient (Wildman–Crippen LogP) is 3.08. The molecule has 1 aromatic heterocycles. The van der Waals surface area contributed by atoms with Crippen molar-refractivity contribution in [2.24, 2.45) is 0 Å². The Labute approximate surface area is 88.1 Å². The van der Waals surface area contributed by atoms with E-state index in [9.17, 15) is 5.11 Å². The monoisotopic (exact) mass is 257 g/mol. The van der Waals surface area contributed by atoms with E-state index in [1.54, 1.807) is 11.3 Å². The second kappa shape index (κ2) is 3.20.